The van der Waals surface area contributed by atoms with Gasteiger partial charge in [-0.3, -0.25) is 9.59 Å². The van der Waals surface area contributed by atoms with Crippen LogP contribution in [0.1, 0.15) is 20.7 Å². The normalized spacial score (nSPS) is 12.2. The van der Waals surface area contributed by atoms with Crippen LogP contribution in [0, 0.1) is 0 Å². The maximum absolute atomic E-state index is 13.2. The predicted molar refractivity (Wildman–Crippen MR) is 135 cm³/mol. The number of esters is 1. The molecule has 0 bridgehead atoms. The smallest absolute Gasteiger partial charge is 0.339 e. The lowest BCUT2D eigenvalue weighted by Gasteiger charge is -2.18. The van der Waals surface area contributed by atoms with Crippen molar-refractivity contribution < 1.29 is 33.3 Å². The second-order valence-corrected chi connectivity index (χ2v) is 8.19. The number of para-hydroxylation sites is 1. The Bertz CT molecular complexity index is 1550. The summed E-state index contributed by atoms with van der Waals surface area (Å²) in [6.07, 6.45) is 0. The van der Waals surface area contributed by atoms with E-state index in [2.05, 4.69) is 5.32 Å². The molecule has 37 heavy (non-hydrogen) atoms. The van der Waals surface area contributed by atoms with Crippen LogP contribution in [0.2, 0.25) is 0 Å². The monoisotopic (exact) mass is 498 g/mol. The van der Waals surface area contributed by atoms with Crippen molar-refractivity contribution in [2.45, 2.75) is 0 Å². The highest BCUT2D eigenvalue weighted by Crippen LogP contribution is 2.33. The molecule has 1 amide bonds. The van der Waals surface area contributed by atoms with Crippen LogP contribution in [0.25, 0.3) is 22.2 Å². The van der Waals surface area contributed by atoms with E-state index in [0.29, 0.717) is 45.1 Å². The second-order valence-electron chi connectivity index (χ2n) is 8.19. The van der Waals surface area contributed by atoms with Crippen LogP contribution in [-0.4, -0.2) is 50.1 Å². The molecular weight excluding hydrogens is 476 g/mol. The van der Waals surface area contributed by atoms with Gasteiger partial charge in [0.05, 0.1) is 36.7 Å². The van der Waals surface area contributed by atoms with Gasteiger partial charge in [-0.25, -0.2) is 9.78 Å². The first-order chi connectivity index (χ1) is 18.0. The minimum absolute atomic E-state index is 0.0803. The summed E-state index contributed by atoms with van der Waals surface area (Å²) in [6, 6.07) is 18.8. The van der Waals surface area contributed by atoms with Crippen LogP contribution >= 0.6 is 0 Å². The van der Waals surface area contributed by atoms with Gasteiger partial charge in [-0.2, -0.15) is 0 Å². The first-order valence-corrected chi connectivity index (χ1v) is 11.4. The lowest BCUT2D eigenvalue weighted by Crippen LogP contribution is -2.25. The Balaban J connectivity index is 1.41. The number of anilines is 1. The maximum Gasteiger partial charge on any atom is 0.339 e. The molecule has 0 radical (unpaired) electrons. The number of hydrogen-bond acceptors (Lipinski definition) is 8. The number of hydrogen-bond donors (Lipinski definition) is 1. The zero-order valence-electron chi connectivity index (χ0n) is 20.1. The van der Waals surface area contributed by atoms with E-state index in [1.165, 1.54) is 6.07 Å². The van der Waals surface area contributed by atoms with E-state index in [0.717, 1.165) is 0 Å². The summed E-state index contributed by atoms with van der Waals surface area (Å²) in [5, 5.41) is 3.25. The van der Waals surface area contributed by atoms with E-state index in [1.54, 1.807) is 62.8 Å². The summed E-state index contributed by atoms with van der Waals surface area (Å²) in [6.45, 7) is -0.558. The first kappa shape index (κ1) is 23.8. The van der Waals surface area contributed by atoms with Crippen LogP contribution in [0.5, 0.6) is 17.2 Å². The van der Waals surface area contributed by atoms with Crippen molar-refractivity contribution in [3.05, 3.63) is 77.9 Å². The lowest BCUT2D eigenvalue weighted by molar-refractivity contribution is -0.118. The molecule has 3 aromatic carbocycles. The summed E-state index contributed by atoms with van der Waals surface area (Å²) in [5.41, 5.74) is 2.79. The van der Waals surface area contributed by atoms with Crippen molar-refractivity contribution in [3.8, 4) is 28.5 Å². The number of pyridine rings is 1. The van der Waals surface area contributed by atoms with Gasteiger partial charge in [0, 0.05) is 16.5 Å². The third kappa shape index (κ3) is 4.79. The minimum atomic E-state index is -0.664. The molecule has 0 aliphatic carbocycles. The zero-order valence-corrected chi connectivity index (χ0v) is 20.1. The van der Waals surface area contributed by atoms with Gasteiger partial charge in [-0.15, -0.1) is 0 Å². The Hall–Kier alpha value is -4.92. The number of rotatable bonds is 7. The lowest BCUT2D eigenvalue weighted by atomic mass is 10.0. The highest BCUT2D eigenvalue weighted by Gasteiger charge is 2.20. The van der Waals surface area contributed by atoms with Crippen LogP contribution < -0.4 is 19.5 Å². The molecule has 0 atom stereocenters. The van der Waals surface area contributed by atoms with Gasteiger partial charge < -0.3 is 24.3 Å². The Morgan fingerprint density at radius 3 is 2.59 bits per heavy atom. The zero-order chi connectivity index (χ0) is 25.9. The van der Waals surface area contributed by atoms with Crippen LogP contribution in [0.15, 0.2) is 66.7 Å². The molecule has 1 aliphatic heterocycles. The number of Topliss-reactive ketones (excluding diaryl/α,β-unsaturated/α-hetero) is 1. The molecule has 0 saturated heterocycles. The Morgan fingerprint density at radius 2 is 1.78 bits per heavy atom. The number of methoxy groups -OCH3 is 2. The Morgan fingerprint density at radius 1 is 0.973 bits per heavy atom. The number of nitrogens with one attached hydrogen (secondary N) is 1. The number of ketones is 1. The number of fused-ring (bicyclic) bond motifs is 2. The first-order valence-electron chi connectivity index (χ1n) is 11.4. The average Bonchev–Trinajstić information content (AvgIpc) is 2.94. The summed E-state index contributed by atoms with van der Waals surface area (Å²) in [7, 11) is 3.09. The Labute approximate surface area is 211 Å². The second kappa shape index (κ2) is 9.98. The van der Waals surface area contributed by atoms with Crippen molar-refractivity contribution in [2.75, 3.05) is 32.8 Å². The van der Waals surface area contributed by atoms with Crippen LogP contribution in [0.3, 0.4) is 0 Å². The molecule has 0 spiro atoms. The molecule has 9 heteroatoms. The van der Waals surface area contributed by atoms with E-state index >= 15 is 0 Å². The quantitative estimate of drug-likeness (QED) is 0.297. The van der Waals surface area contributed by atoms with Crippen molar-refractivity contribution in [1.82, 2.24) is 4.98 Å². The number of carbonyl (C=O) groups is 3. The van der Waals surface area contributed by atoms with Crippen LogP contribution in [0.4, 0.5) is 5.69 Å². The van der Waals surface area contributed by atoms with Crippen molar-refractivity contribution in [1.29, 1.82) is 0 Å². The molecule has 1 N–H and O–H groups in total. The summed E-state index contributed by atoms with van der Waals surface area (Å²) >= 11 is 0. The number of carbonyl (C=O) groups excluding carboxylic acids is 3. The molecule has 5 rings (SSSR count). The third-order valence-electron chi connectivity index (χ3n) is 5.88. The van der Waals surface area contributed by atoms with Gasteiger partial charge >= 0.3 is 5.97 Å². The highest BCUT2D eigenvalue weighted by molar-refractivity contribution is 6.06. The maximum atomic E-state index is 13.2. The molecule has 1 aromatic heterocycles. The number of aromatic nitrogens is 1. The standard InChI is InChI=1S/C28H22N2O7/c1-34-25-10-7-16(12-26(25)35-2)21-13-19(18-5-3-4-6-20(18)29-21)28(33)37-14-23(31)17-8-9-24-22(11-17)30-27(32)15-36-24/h3-13H,14-15H2,1-2H3,(H,30,32). The molecule has 0 unspecified atom stereocenters. The number of amides is 1. The van der Waals surface area contributed by atoms with Crippen molar-refractivity contribution in [3.63, 3.8) is 0 Å². The molecule has 9 nitrogen and oxygen atoms in total. The summed E-state index contributed by atoms with van der Waals surface area (Å²) < 4.78 is 21.4. The molecule has 1 aliphatic rings. The van der Waals surface area contributed by atoms with Crippen molar-refractivity contribution in [2.24, 2.45) is 0 Å². The minimum Gasteiger partial charge on any atom is -0.493 e. The van der Waals surface area contributed by atoms with E-state index in [9.17, 15) is 14.4 Å². The van der Waals surface area contributed by atoms with E-state index in [-0.39, 0.29) is 23.6 Å². The number of benzene rings is 3. The molecule has 0 saturated carbocycles. The highest BCUT2D eigenvalue weighted by atomic mass is 16.5. The molecule has 0 fully saturated rings. The number of nitrogens with zero attached hydrogens (tertiary/aromatic N) is 1. The third-order valence-corrected chi connectivity index (χ3v) is 5.88. The SMILES string of the molecule is COc1ccc(-c2cc(C(=O)OCC(=O)c3ccc4c(c3)NC(=O)CO4)c3ccccc3n2)cc1OC. The van der Waals surface area contributed by atoms with Gasteiger partial charge in [0.1, 0.15) is 5.75 Å². The number of ether oxygens (including phenoxy) is 4. The topological polar surface area (TPSA) is 113 Å². The molecule has 186 valence electrons. The van der Waals surface area contributed by atoms with Gasteiger partial charge in [0.25, 0.3) is 5.91 Å². The fraction of sp³-hybridized carbons (Fsp3) is 0.143. The fourth-order valence-corrected chi connectivity index (χ4v) is 4.04. The van der Waals surface area contributed by atoms with Gasteiger partial charge in [0.2, 0.25) is 0 Å². The molecule has 2 heterocycles. The summed E-state index contributed by atoms with van der Waals surface area (Å²) in [4.78, 5) is 42.2. The van der Waals surface area contributed by atoms with Gasteiger partial charge in [-0.05, 0) is 48.5 Å². The Kier molecular flexibility index (Phi) is 6.42. The van der Waals surface area contributed by atoms with Crippen LogP contribution in [-0.2, 0) is 9.53 Å². The van der Waals surface area contributed by atoms with E-state index in [4.69, 9.17) is 23.9 Å². The van der Waals surface area contributed by atoms with E-state index < -0.39 is 18.4 Å². The van der Waals surface area contributed by atoms with E-state index in [1.807, 2.05) is 12.1 Å². The van der Waals surface area contributed by atoms with Crippen molar-refractivity contribution >= 4 is 34.3 Å². The average molecular weight is 498 g/mol. The fourth-order valence-electron chi connectivity index (χ4n) is 4.04. The summed E-state index contributed by atoms with van der Waals surface area (Å²) in [5.74, 6) is 0.171. The van der Waals surface area contributed by atoms with Gasteiger partial charge in [-0.1, -0.05) is 18.2 Å². The molecule has 4 aromatic rings. The van der Waals surface area contributed by atoms with Gasteiger partial charge in [0.15, 0.2) is 30.5 Å². The predicted octanol–water partition coefficient (Wildman–Crippen LogP) is 4.29. The largest absolute Gasteiger partial charge is 0.493 e. The molecular formula is C28H22N2O7.